The quantitative estimate of drug-likeness (QED) is 0.726. The van der Waals surface area contributed by atoms with E-state index < -0.39 is 21.2 Å². The standard InChI is InChI=1S/C12H24N2O4S.ClH/c1-10(2)19(17,18)13-8-11-4-3-6-14(9-11)7-5-12(15)16;/h10-11,13H,3-9H2,1-2H3,(H,15,16);1H. The molecule has 1 saturated heterocycles. The topological polar surface area (TPSA) is 86.7 Å². The smallest absolute Gasteiger partial charge is 0.304 e. The van der Waals surface area contributed by atoms with Gasteiger partial charge in [0.1, 0.15) is 0 Å². The van der Waals surface area contributed by atoms with Gasteiger partial charge in [-0.1, -0.05) is 0 Å². The van der Waals surface area contributed by atoms with E-state index in [2.05, 4.69) is 9.62 Å². The minimum absolute atomic E-state index is 0. The largest absolute Gasteiger partial charge is 0.481 e. The molecule has 0 bridgehead atoms. The van der Waals surface area contributed by atoms with Crippen molar-refractivity contribution in [2.45, 2.75) is 38.4 Å². The van der Waals surface area contributed by atoms with Crippen molar-refractivity contribution in [3.05, 3.63) is 0 Å². The second-order valence-electron chi connectivity index (χ2n) is 5.39. The highest BCUT2D eigenvalue weighted by molar-refractivity contribution is 7.90. The van der Waals surface area contributed by atoms with E-state index in [1.807, 2.05) is 0 Å². The van der Waals surface area contributed by atoms with Gasteiger partial charge in [0.25, 0.3) is 0 Å². The number of nitrogens with zero attached hydrogens (tertiary/aromatic N) is 1. The molecule has 20 heavy (non-hydrogen) atoms. The van der Waals surface area contributed by atoms with Crippen LogP contribution in [-0.4, -0.2) is 55.8 Å². The lowest BCUT2D eigenvalue weighted by Gasteiger charge is -2.32. The number of carboxylic acid groups (broad SMARTS) is 1. The minimum Gasteiger partial charge on any atom is -0.481 e. The van der Waals surface area contributed by atoms with Crippen LogP contribution in [-0.2, 0) is 14.8 Å². The summed E-state index contributed by atoms with van der Waals surface area (Å²) in [5.41, 5.74) is 0. The average Bonchev–Trinajstić information content (AvgIpc) is 2.34. The second kappa shape index (κ2) is 8.81. The van der Waals surface area contributed by atoms with Gasteiger partial charge >= 0.3 is 5.97 Å². The molecule has 0 aliphatic carbocycles. The molecule has 1 heterocycles. The molecule has 1 atom stereocenters. The van der Waals surface area contributed by atoms with Crippen LogP contribution >= 0.6 is 12.4 Å². The maximum absolute atomic E-state index is 11.7. The van der Waals surface area contributed by atoms with Crippen LogP contribution in [0.5, 0.6) is 0 Å². The molecular formula is C12H25ClN2O4S. The monoisotopic (exact) mass is 328 g/mol. The number of likely N-dealkylation sites (tertiary alicyclic amines) is 1. The highest BCUT2D eigenvalue weighted by Gasteiger charge is 2.23. The van der Waals surface area contributed by atoms with Gasteiger partial charge in [0.15, 0.2) is 0 Å². The lowest BCUT2D eigenvalue weighted by atomic mass is 9.98. The van der Waals surface area contributed by atoms with Gasteiger partial charge in [0.05, 0.1) is 11.7 Å². The number of sulfonamides is 1. The van der Waals surface area contributed by atoms with Crippen molar-refractivity contribution in [3.8, 4) is 0 Å². The first kappa shape index (κ1) is 19.6. The summed E-state index contributed by atoms with van der Waals surface area (Å²) >= 11 is 0. The van der Waals surface area contributed by atoms with Gasteiger partial charge in [-0.25, -0.2) is 13.1 Å². The summed E-state index contributed by atoms with van der Waals surface area (Å²) < 4.78 is 26.0. The van der Waals surface area contributed by atoms with E-state index in [1.54, 1.807) is 13.8 Å². The fourth-order valence-corrected chi connectivity index (χ4v) is 2.98. The van der Waals surface area contributed by atoms with Crippen molar-refractivity contribution >= 4 is 28.4 Å². The predicted molar refractivity (Wildman–Crippen MR) is 80.7 cm³/mol. The summed E-state index contributed by atoms with van der Waals surface area (Å²) in [7, 11) is -3.20. The van der Waals surface area contributed by atoms with E-state index in [0.29, 0.717) is 13.1 Å². The number of hydrogen-bond donors (Lipinski definition) is 2. The van der Waals surface area contributed by atoms with Crippen LogP contribution in [0, 0.1) is 5.92 Å². The van der Waals surface area contributed by atoms with Crippen molar-refractivity contribution in [2.24, 2.45) is 5.92 Å². The van der Waals surface area contributed by atoms with Crippen LogP contribution in [0.2, 0.25) is 0 Å². The molecule has 0 spiro atoms. The van der Waals surface area contributed by atoms with Crippen LogP contribution in [0.15, 0.2) is 0 Å². The van der Waals surface area contributed by atoms with Crippen molar-refractivity contribution in [2.75, 3.05) is 26.2 Å². The lowest BCUT2D eigenvalue weighted by Crippen LogP contribution is -2.42. The molecule has 6 nitrogen and oxygen atoms in total. The Bertz CT molecular complexity index is 400. The second-order valence-corrected chi connectivity index (χ2v) is 7.72. The van der Waals surface area contributed by atoms with E-state index in [-0.39, 0.29) is 24.7 Å². The van der Waals surface area contributed by atoms with E-state index in [4.69, 9.17) is 5.11 Å². The normalized spacial score (nSPS) is 20.6. The molecule has 0 aromatic rings. The van der Waals surface area contributed by atoms with Crippen LogP contribution < -0.4 is 4.72 Å². The van der Waals surface area contributed by atoms with Gasteiger partial charge < -0.3 is 10.0 Å². The summed E-state index contributed by atoms with van der Waals surface area (Å²) in [5, 5.41) is 8.25. The number of carbonyl (C=O) groups is 1. The van der Waals surface area contributed by atoms with E-state index in [9.17, 15) is 13.2 Å². The van der Waals surface area contributed by atoms with Crippen molar-refractivity contribution in [3.63, 3.8) is 0 Å². The molecule has 1 aliphatic rings. The van der Waals surface area contributed by atoms with Crippen molar-refractivity contribution < 1.29 is 18.3 Å². The van der Waals surface area contributed by atoms with Gasteiger partial charge in [0.2, 0.25) is 10.0 Å². The first-order chi connectivity index (χ1) is 8.81. The number of carboxylic acids is 1. The van der Waals surface area contributed by atoms with Crippen LogP contribution in [0.3, 0.4) is 0 Å². The Labute approximate surface area is 127 Å². The Morgan fingerprint density at radius 2 is 2.10 bits per heavy atom. The molecule has 0 aromatic heterocycles. The Morgan fingerprint density at radius 1 is 1.45 bits per heavy atom. The fraction of sp³-hybridized carbons (Fsp3) is 0.917. The molecule has 1 aliphatic heterocycles. The molecule has 0 radical (unpaired) electrons. The van der Waals surface area contributed by atoms with Crippen LogP contribution in [0.1, 0.15) is 33.1 Å². The minimum atomic E-state index is -3.20. The zero-order valence-electron chi connectivity index (χ0n) is 12.0. The first-order valence-corrected chi connectivity index (χ1v) is 8.28. The zero-order valence-corrected chi connectivity index (χ0v) is 13.7. The van der Waals surface area contributed by atoms with Gasteiger partial charge in [0, 0.05) is 19.6 Å². The fourth-order valence-electron chi connectivity index (χ4n) is 2.18. The Morgan fingerprint density at radius 3 is 2.65 bits per heavy atom. The summed E-state index contributed by atoms with van der Waals surface area (Å²) in [6, 6.07) is 0. The summed E-state index contributed by atoms with van der Waals surface area (Å²) in [5.74, 6) is -0.515. The van der Waals surface area contributed by atoms with E-state index in [0.717, 1.165) is 25.9 Å². The summed E-state index contributed by atoms with van der Waals surface area (Å²) in [6.45, 7) is 5.98. The molecule has 120 valence electrons. The highest BCUT2D eigenvalue weighted by Crippen LogP contribution is 2.16. The highest BCUT2D eigenvalue weighted by atomic mass is 35.5. The molecule has 1 rings (SSSR count). The molecule has 1 fully saturated rings. The number of halogens is 1. The maximum atomic E-state index is 11.7. The molecule has 0 saturated carbocycles. The molecular weight excluding hydrogens is 304 g/mol. The lowest BCUT2D eigenvalue weighted by molar-refractivity contribution is -0.137. The first-order valence-electron chi connectivity index (χ1n) is 6.74. The number of rotatable bonds is 7. The maximum Gasteiger partial charge on any atom is 0.304 e. The summed E-state index contributed by atoms with van der Waals surface area (Å²) in [4.78, 5) is 12.6. The number of nitrogens with one attached hydrogen (secondary N) is 1. The Kier molecular flexibility index (Phi) is 8.65. The van der Waals surface area contributed by atoms with Gasteiger partial charge in [-0.3, -0.25) is 4.79 Å². The average molecular weight is 329 g/mol. The van der Waals surface area contributed by atoms with E-state index in [1.165, 1.54) is 0 Å². The summed E-state index contributed by atoms with van der Waals surface area (Å²) in [6.07, 6.45) is 2.13. The molecule has 0 amide bonds. The van der Waals surface area contributed by atoms with E-state index >= 15 is 0 Å². The zero-order chi connectivity index (χ0) is 14.5. The molecule has 8 heteroatoms. The van der Waals surface area contributed by atoms with Crippen LogP contribution in [0.4, 0.5) is 0 Å². The van der Waals surface area contributed by atoms with Gasteiger partial charge in [-0.2, -0.15) is 0 Å². The third-order valence-corrected chi connectivity index (χ3v) is 5.25. The van der Waals surface area contributed by atoms with Crippen molar-refractivity contribution in [1.29, 1.82) is 0 Å². The predicted octanol–water partition coefficient (Wildman–Crippen LogP) is 0.923. The van der Waals surface area contributed by atoms with Crippen molar-refractivity contribution in [1.82, 2.24) is 9.62 Å². The SMILES string of the molecule is CC(C)S(=O)(=O)NCC1CCCN(CCC(=O)O)C1.Cl. The Balaban J connectivity index is 0.00000361. The number of aliphatic carboxylic acids is 1. The molecule has 2 N–H and O–H groups in total. The molecule has 0 aromatic carbocycles. The number of hydrogen-bond acceptors (Lipinski definition) is 4. The molecule has 1 unspecified atom stereocenters. The van der Waals surface area contributed by atoms with Gasteiger partial charge in [-0.15, -0.1) is 12.4 Å². The third-order valence-electron chi connectivity index (χ3n) is 3.44. The Hall–Kier alpha value is -0.370. The van der Waals surface area contributed by atoms with Crippen LogP contribution in [0.25, 0.3) is 0 Å². The number of piperidine rings is 1. The van der Waals surface area contributed by atoms with Gasteiger partial charge in [-0.05, 0) is 39.2 Å². The third kappa shape index (κ3) is 6.88.